The first-order chi connectivity index (χ1) is 26.6. The number of fused-ring (bicyclic) bond motifs is 16. The molecule has 54 heavy (non-hydrogen) atoms. The van der Waals surface area contributed by atoms with Crippen LogP contribution in [0.4, 0.5) is 17.1 Å². The second-order valence-corrected chi connectivity index (χ2v) is 15.0. The van der Waals surface area contributed by atoms with E-state index in [9.17, 15) is 0 Å². The predicted octanol–water partition coefficient (Wildman–Crippen LogP) is 13.4. The number of anilines is 3. The summed E-state index contributed by atoms with van der Waals surface area (Å²) >= 11 is 0. The van der Waals surface area contributed by atoms with Crippen LogP contribution in [0.5, 0.6) is 0 Å². The third kappa shape index (κ3) is 3.71. The van der Waals surface area contributed by atoms with Crippen LogP contribution in [0.25, 0.3) is 60.6 Å². The molecule has 1 aliphatic heterocycles. The van der Waals surface area contributed by atoms with Crippen LogP contribution in [0.2, 0.25) is 0 Å². The number of para-hydroxylation sites is 3. The molecule has 10 aromatic rings. The third-order valence-corrected chi connectivity index (χ3v) is 12.1. The van der Waals surface area contributed by atoms with Crippen LogP contribution in [-0.2, 0) is 5.41 Å². The fourth-order valence-electron chi connectivity index (χ4n) is 9.82. The number of hydrogen-bond acceptors (Lipinski definition) is 2. The van der Waals surface area contributed by atoms with Gasteiger partial charge in [0.2, 0.25) is 0 Å². The van der Waals surface area contributed by atoms with Gasteiger partial charge in [-0.2, -0.15) is 0 Å². The van der Waals surface area contributed by atoms with E-state index in [0.717, 1.165) is 39.0 Å². The average Bonchev–Trinajstić information content (AvgIpc) is 3.86. The monoisotopic (exact) mass is 690 g/mol. The van der Waals surface area contributed by atoms with Crippen molar-refractivity contribution < 1.29 is 4.42 Å². The minimum absolute atomic E-state index is 0.597. The molecule has 0 fully saturated rings. The van der Waals surface area contributed by atoms with Crippen molar-refractivity contribution in [2.75, 3.05) is 4.90 Å². The topological polar surface area (TPSA) is 21.3 Å². The molecule has 12 rings (SSSR count). The molecule has 0 amide bonds. The summed E-state index contributed by atoms with van der Waals surface area (Å²) in [4.78, 5) is 2.41. The zero-order valence-electron chi connectivity index (χ0n) is 30.0. The summed E-state index contributed by atoms with van der Waals surface area (Å²) in [6.07, 6.45) is 0. The van der Waals surface area contributed by atoms with Crippen molar-refractivity contribution in [2.45, 2.75) is 19.3 Å². The lowest BCUT2D eigenvalue weighted by Crippen LogP contribution is -2.33. The highest BCUT2D eigenvalue weighted by atomic mass is 16.3. The summed E-state index contributed by atoms with van der Waals surface area (Å²) in [6, 6.07) is 62.9. The van der Waals surface area contributed by atoms with Crippen molar-refractivity contribution in [3.05, 3.63) is 203 Å². The van der Waals surface area contributed by atoms with Gasteiger partial charge in [-0.25, -0.2) is 0 Å². The van der Waals surface area contributed by atoms with Gasteiger partial charge in [-0.1, -0.05) is 120 Å². The van der Waals surface area contributed by atoms with Gasteiger partial charge in [0.15, 0.2) is 0 Å². The minimum Gasteiger partial charge on any atom is -0.455 e. The van der Waals surface area contributed by atoms with E-state index in [2.05, 4.69) is 193 Å². The Morgan fingerprint density at radius 3 is 1.87 bits per heavy atom. The Balaban J connectivity index is 1.26. The molecule has 8 aromatic carbocycles. The van der Waals surface area contributed by atoms with Gasteiger partial charge in [0.05, 0.1) is 27.5 Å². The molecule has 2 aliphatic rings. The number of hydrogen-bond donors (Lipinski definition) is 0. The Bertz CT molecular complexity index is 3140. The molecule has 1 atom stereocenters. The first-order valence-electron chi connectivity index (χ1n) is 18.8. The van der Waals surface area contributed by atoms with E-state index in [1.807, 2.05) is 0 Å². The van der Waals surface area contributed by atoms with Gasteiger partial charge in [0.25, 0.3) is 0 Å². The number of aromatic nitrogens is 1. The van der Waals surface area contributed by atoms with E-state index in [0.29, 0.717) is 0 Å². The molecule has 1 aliphatic carbocycles. The van der Waals surface area contributed by atoms with E-state index < -0.39 is 5.41 Å². The lowest BCUT2D eigenvalue weighted by atomic mass is 9.65. The molecule has 0 bridgehead atoms. The smallest absolute Gasteiger partial charge is 0.145 e. The molecule has 0 saturated heterocycles. The second kappa shape index (κ2) is 10.6. The maximum Gasteiger partial charge on any atom is 0.145 e. The van der Waals surface area contributed by atoms with Gasteiger partial charge < -0.3 is 13.9 Å². The summed E-state index contributed by atoms with van der Waals surface area (Å²) in [7, 11) is 0. The van der Waals surface area contributed by atoms with Crippen molar-refractivity contribution in [3.63, 3.8) is 0 Å². The average molecular weight is 691 g/mol. The maximum absolute atomic E-state index is 6.83. The van der Waals surface area contributed by atoms with Crippen LogP contribution in [0.15, 0.2) is 174 Å². The summed E-state index contributed by atoms with van der Waals surface area (Å²) in [5.41, 5.74) is 18.5. The number of furan rings is 1. The molecule has 2 aromatic heterocycles. The number of aryl methyl sites for hydroxylation is 2. The largest absolute Gasteiger partial charge is 0.455 e. The molecule has 0 saturated carbocycles. The van der Waals surface area contributed by atoms with Crippen LogP contribution in [0, 0.1) is 13.8 Å². The van der Waals surface area contributed by atoms with Crippen molar-refractivity contribution >= 4 is 60.8 Å². The highest BCUT2D eigenvalue weighted by Crippen LogP contribution is 2.62. The van der Waals surface area contributed by atoms with Crippen LogP contribution in [0.3, 0.4) is 0 Å². The highest BCUT2D eigenvalue weighted by molar-refractivity contribution is 6.26. The van der Waals surface area contributed by atoms with Crippen molar-refractivity contribution in [3.8, 4) is 16.8 Å². The Labute approximate surface area is 312 Å². The third-order valence-electron chi connectivity index (χ3n) is 12.1. The van der Waals surface area contributed by atoms with Gasteiger partial charge in [-0.15, -0.1) is 0 Å². The highest BCUT2D eigenvalue weighted by Gasteiger charge is 2.51. The minimum atomic E-state index is -0.597. The van der Waals surface area contributed by atoms with Gasteiger partial charge >= 0.3 is 0 Å². The Kier molecular flexibility index (Phi) is 5.84. The van der Waals surface area contributed by atoms with Gasteiger partial charge in [0, 0.05) is 33.2 Å². The quantitative estimate of drug-likeness (QED) is 0.184. The number of nitrogens with zero attached hydrogens (tertiary/aromatic N) is 2. The summed E-state index contributed by atoms with van der Waals surface area (Å²) in [6.45, 7) is 4.30. The lowest BCUT2D eigenvalue weighted by molar-refractivity contribution is 0.672. The Hall–Kier alpha value is -6.84. The van der Waals surface area contributed by atoms with Gasteiger partial charge in [-0.3, -0.25) is 0 Å². The first kappa shape index (κ1) is 29.7. The molecule has 0 radical (unpaired) electrons. The standard InChI is InChI=1S/C51H34N2O/c1-31-19-23-33(24-20-31)52(34-25-21-32(2)22-26-34)35-27-28-37-36-11-3-6-14-41(36)51(43(37)29-35)42-15-7-9-17-46(42)53-45-16-8-4-13-39(45)48-49(53)44(51)30-40-38-12-5-10-18-47(38)54-50(40)48/h3-30H,1-2H3. The van der Waals surface area contributed by atoms with Crippen LogP contribution in [-0.4, -0.2) is 4.57 Å². The first-order valence-corrected chi connectivity index (χ1v) is 18.8. The van der Waals surface area contributed by atoms with Crippen molar-refractivity contribution in [1.29, 1.82) is 0 Å². The molecule has 3 heterocycles. The Morgan fingerprint density at radius 1 is 0.481 bits per heavy atom. The number of rotatable bonds is 3. The molecular weight excluding hydrogens is 657 g/mol. The Morgan fingerprint density at radius 2 is 1.09 bits per heavy atom. The SMILES string of the molecule is Cc1ccc(N(c2ccc(C)cc2)c2ccc3c(c2)C2(c4ccccc4-3)c3ccccc3-n3c4ccccc4c4c5oc6ccccc6c5cc2c43)cc1. The van der Waals surface area contributed by atoms with E-state index in [1.54, 1.807) is 0 Å². The normalized spacial score (nSPS) is 15.3. The molecular formula is C51H34N2O. The lowest BCUT2D eigenvalue weighted by Gasteiger charge is -2.40. The van der Waals surface area contributed by atoms with Crippen LogP contribution in [0.1, 0.15) is 33.4 Å². The van der Waals surface area contributed by atoms with Gasteiger partial charge in [-0.05, 0) is 108 Å². The fourth-order valence-corrected chi connectivity index (χ4v) is 9.82. The maximum atomic E-state index is 6.83. The summed E-state index contributed by atoms with van der Waals surface area (Å²) in [5, 5.41) is 4.67. The van der Waals surface area contributed by atoms with Crippen LogP contribution >= 0.6 is 0 Å². The van der Waals surface area contributed by atoms with E-state index >= 15 is 0 Å². The predicted molar refractivity (Wildman–Crippen MR) is 223 cm³/mol. The molecule has 1 spiro atoms. The molecule has 1 unspecified atom stereocenters. The summed E-state index contributed by atoms with van der Waals surface area (Å²) < 4.78 is 9.34. The van der Waals surface area contributed by atoms with Gasteiger partial charge in [0.1, 0.15) is 11.2 Å². The summed E-state index contributed by atoms with van der Waals surface area (Å²) in [5.74, 6) is 0. The number of benzene rings is 8. The zero-order valence-corrected chi connectivity index (χ0v) is 30.0. The van der Waals surface area contributed by atoms with E-state index in [-0.39, 0.29) is 0 Å². The second-order valence-electron chi connectivity index (χ2n) is 15.0. The molecule has 3 heteroatoms. The van der Waals surface area contributed by atoms with E-state index in [1.165, 1.54) is 72.0 Å². The molecule has 254 valence electrons. The fraction of sp³-hybridized carbons (Fsp3) is 0.0588. The van der Waals surface area contributed by atoms with Crippen molar-refractivity contribution in [1.82, 2.24) is 4.57 Å². The van der Waals surface area contributed by atoms with Crippen LogP contribution < -0.4 is 4.90 Å². The van der Waals surface area contributed by atoms with E-state index in [4.69, 9.17) is 4.42 Å². The molecule has 0 N–H and O–H groups in total. The molecule has 3 nitrogen and oxygen atoms in total. The van der Waals surface area contributed by atoms with Crippen molar-refractivity contribution in [2.24, 2.45) is 0 Å². The zero-order chi connectivity index (χ0) is 35.7.